The monoisotopic (exact) mass is 222 g/mol. The fourth-order valence-electron chi connectivity index (χ4n) is 1.70. The van der Waals surface area contributed by atoms with Crippen molar-refractivity contribution in [2.45, 2.75) is 46.1 Å². The third kappa shape index (κ3) is 3.72. The lowest BCUT2D eigenvalue weighted by atomic mass is 10.1. The Morgan fingerprint density at radius 3 is 2.81 bits per heavy atom. The van der Waals surface area contributed by atoms with E-state index < -0.39 is 0 Å². The Morgan fingerprint density at radius 1 is 1.38 bits per heavy atom. The second-order valence-corrected chi connectivity index (χ2v) is 3.83. The van der Waals surface area contributed by atoms with Crippen LogP contribution in [0.5, 0.6) is 5.88 Å². The highest BCUT2D eigenvalue weighted by Gasteiger charge is 2.09. The minimum absolute atomic E-state index is 0.508. The van der Waals surface area contributed by atoms with E-state index in [2.05, 4.69) is 24.1 Å². The van der Waals surface area contributed by atoms with E-state index >= 15 is 0 Å². The fourth-order valence-corrected chi connectivity index (χ4v) is 1.70. The molecule has 1 aromatic rings. The van der Waals surface area contributed by atoms with E-state index in [1.807, 2.05) is 19.1 Å². The Labute approximate surface area is 98.2 Å². The first kappa shape index (κ1) is 12.8. The third-order valence-corrected chi connectivity index (χ3v) is 2.54. The first-order chi connectivity index (χ1) is 7.81. The van der Waals surface area contributed by atoms with Gasteiger partial charge in [0.1, 0.15) is 0 Å². The Balaban J connectivity index is 2.70. The van der Waals surface area contributed by atoms with E-state index in [1.165, 1.54) is 12.8 Å². The molecule has 1 atom stereocenters. The Bertz CT molecular complexity index is 302. The van der Waals surface area contributed by atoms with Crippen molar-refractivity contribution in [3.05, 3.63) is 18.3 Å². The predicted octanol–water partition coefficient (Wildman–Crippen LogP) is 3.47. The van der Waals surface area contributed by atoms with Crippen molar-refractivity contribution < 1.29 is 4.74 Å². The molecular formula is C13H22N2O. The summed E-state index contributed by atoms with van der Waals surface area (Å²) >= 11 is 0. The average molecular weight is 222 g/mol. The summed E-state index contributed by atoms with van der Waals surface area (Å²) in [7, 11) is 0. The van der Waals surface area contributed by atoms with Gasteiger partial charge in [0.25, 0.3) is 0 Å². The number of rotatable bonds is 7. The molecule has 0 saturated carbocycles. The molecule has 1 N–H and O–H groups in total. The summed E-state index contributed by atoms with van der Waals surface area (Å²) < 4.78 is 5.49. The van der Waals surface area contributed by atoms with E-state index in [0.717, 1.165) is 12.1 Å². The summed E-state index contributed by atoms with van der Waals surface area (Å²) in [4.78, 5) is 4.23. The third-order valence-electron chi connectivity index (χ3n) is 2.54. The number of hydrogen-bond donors (Lipinski definition) is 1. The van der Waals surface area contributed by atoms with Gasteiger partial charge in [0, 0.05) is 12.2 Å². The van der Waals surface area contributed by atoms with Gasteiger partial charge >= 0.3 is 0 Å². The van der Waals surface area contributed by atoms with Crippen molar-refractivity contribution in [2.75, 3.05) is 11.9 Å². The standard InChI is InChI=1S/C13H22N2O/c1-4-8-11(5-2)15-12-9-7-10-14-13(12)16-6-3/h7,9-11,15H,4-6,8H2,1-3H3. The highest BCUT2D eigenvalue weighted by molar-refractivity contribution is 5.52. The van der Waals surface area contributed by atoms with Crippen molar-refractivity contribution in [3.63, 3.8) is 0 Å². The van der Waals surface area contributed by atoms with Gasteiger partial charge in [-0.1, -0.05) is 20.3 Å². The largest absolute Gasteiger partial charge is 0.476 e. The molecule has 0 spiro atoms. The number of aromatic nitrogens is 1. The van der Waals surface area contributed by atoms with E-state index in [9.17, 15) is 0 Å². The minimum Gasteiger partial charge on any atom is -0.476 e. The van der Waals surface area contributed by atoms with Crippen LogP contribution in [-0.2, 0) is 0 Å². The Morgan fingerprint density at radius 2 is 2.19 bits per heavy atom. The predicted molar refractivity (Wildman–Crippen MR) is 68.0 cm³/mol. The van der Waals surface area contributed by atoms with Gasteiger partial charge in [-0.05, 0) is 31.9 Å². The Kier molecular flexibility index (Phi) is 5.68. The summed E-state index contributed by atoms with van der Waals surface area (Å²) in [5.41, 5.74) is 1.00. The molecule has 1 aromatic heterocycles. The Hall–Kier alpha value is -1.25. The maximum Gasteiger partial charge on any atom is 0.237 e. The highest BCUT2D eigenvalue weighted by atomic mass is 16.5. The quantitative estimate of drug-likeness (QED) is 0.767. The molecule has 1 rings (SSSR count). The van der Waals surface area contributed by atoms with Crippen LogP contribution in [0.2, 0.25) is 0 Å². The minimum atomic E-state index is 0.508. The number of pyridine rings is 1. The van der Waals surface area contributed by atoms with E-state index in [-0.39, 0.29) is 0 Å². The van der Waals surface area contributed by atoms with Gasteiger partial charge in [0.2, 0.25) is 5.88 Å². The second-order valence-electron chi connectivity index (χ2n) is 3.83. The van der Waals surface area contributed by atoms with Crippen molar-refractivity contribution in [1.29, 1.82) is 0 Å². The van der Waals surface area contributed by atoms with Gasteiger partial charge in [-0.25, -0.2) is 4.98 Å². The van der Waals surface area contributed by atoms with E-state index in [0.29, 0.717) is 18.5 Å². The fraction of sp³-hybridized carbons (Fsp3) is 0.615. The molecule has 0 aliphatic heterocycles. The van der Waals surface area contributed by atoms with Crippen LogP contribution in [0.4, 0.5) is 5.69 Å². The zero-order valence-corrected chi connectivity index (χ0v) is 10.5. The SMILES string of the molecule is CCCC(CC)Nc1cccnc1OCC. The molecule has 1 unspecified atom stereocenters. The van der Waals surface area contributed by atoms with Crippen LogP contribution in [0.25, 0.3) is 0 Å². The topological polar surface area (TPSA) is 34.2 Å². The second kappa shape index (κ2) is 7.09. The van der Waals surface area contributed by atoms with Crippen LogP contribution >= 0.6 is 0 Å². The molecule has 0 aliphatic carbocycles. The summed E-state index contributed by atoms with van der Waals surface area (Å²) in [6.07, 6.45) is 5.25. The van der Waals surface area contributed by atoms with E-state index in [1.54, 1.807) is 6.20 Å². The van der Waals surface area contributed by atoms with Crippen molar-refractivity contribution in [2.24, 2.45) is 0 Å². The lowest BCUT2D eigenvalue weighted by molar-refractivity contribution is 0.328. The van der Waals surface area contributed by atoms with Crippen LogP contribution in [-0.4, -0.2) is 17.6 Å². The van der Waals surface area contributed by atoms with Crippen molar-refractivity contribution in [3.8, 4) is 5.88 Å². The molecule has 90 valence electrons. The highest BCUT2D eigenvalue weighted by Crippen LogP contribution is 2.22. The lowest BCUT2D eigenvalue weighted by Gasteiger charge is -2.19. The number of nitrogens with zero attached hydrogens (tertiary/aromatic N) is 1. The molecule has 0 amide bonds. The zero-order chi connectivity index (χ0) is 11.8. The van der Waals surface area contributed by atoms with Crippen LogP contribution in [0.1, 0.15) is 40.0 Å². The molecule has 0 fully saturated rings. The molecule has 0 aromatic carbocycles. The molecule has 1 heterocycles. The van der Waals surface area contributed by atoms with Gasteiger partial charge in [-0.2, -0.15) is 0 Å². The van der Waals surface area contributed by atoms with Gasteiger partial charge < -0.3 is 10.1 Å². The smallest absolute Gasteiger partial charge is 0.237 e. The molecule has 0 aliphatic rings. The van der Waals surface area contributed by atoms with E-state index in [4.69, 9.17) is 4.74 Å². The van der Waals surface area contributed by atoms with Crippen LogP contribution < -0.4 is 10.1 Å². The van der Waals surface area contributed by atoms with Crippen molar-refractivity contribution in [1.82, 2.24) is 4.98 Å². The average Bonchev–Trinajstić information content (AvgIpc) is 2.31. The van der Waals surface area contributed by atoms with Crippen molar-refractivity contribution >= 4 is 5.69 Å². The van der Waals surface area contributed by atoms with Crippen LogP contribution in [0.15, 0.2) is 18.3 Å². The summed E-state index contributed by atoms with van der Waals surface area (Å²) in [6, 6.07) is 4.47. The number of anilines is 1. The summed E-state index contributed by atoms with van der Waals surface area (Å²) in [5, 5.41) is 3.50. The number of nitrogens with one attached hydrogen (secondary N) is 1. The number of ether oxygens (including phenoxy) is 1. The van der Waals surface area contributed by atoms with Gasteiger partial charge in [-0.3, -0.25) is 0 Å². The molecule has 0 saturated heterocycles. The van der Waals surface area contributed by atoms with Crippen LogP contribution in [0.3, 0.4) is 0 Å². The maximum atomic E-state index is 5.49. The van der Waals surface area contributed by atoms with Gasteiger partial charge in [0.05, 0.1) is 12.3 Å². The summed E-state index contributed by atoms with van der Waals surface area (Å²) in [5.74, 6) is 0.708. The first-order valence-electron chi connectivity index (χ1n) is 6.16. The first-order valence-corrected chi connectivity index (χ1v) is 6.16. The molecule has 3 nitrogen and oxygen atoms in total. The van der Waals surface area contributed by atoms with Gasteiger partial charge in [-0.15, -0.1) is 0 Å². The molecule has 0 radical (unpaired) electrons. The zero-order valence-electron chi connectivity index (χ0n) is 10.5. The van der Waals surface area contributed by atoms with Gasteiger partial charge in [0.15, 0.2) is 0 Å². The maximum absolute atomic E-state index is 5.49. The summed E-state index contributed by atoms with van der Waals surface area (Å²) in [6.45, 7) is 7.03. The molecular weight excluding hydrogens is 200 g/mol. The molecule has 16 heavy (non-hydrogen) atoms. The number of hydrogen-bond acceptors (Lipinski definition) is 3. The van der Waals surface area contributed by atoms with Crippen LogP contribution in [0, 0.1) is 0 Å². The molecule has 3 heteroatoms. The lowest BCUT2D eigenvalue weighted by Crippen LogP contribution is -2.18. The molecule has 0 bridgehead atoms. The normalized spacial score (nSPS) is 12.2.